The molecular weight excluding hydrogens is 252 g/mol. The number of nitrogens with one attached hydrogen (secondary N) is 1. The average molecular weight is 274 g/mol. The monoisotopic (exact) mass is 274 g/mol. The number of nitrogens with zero attached hydrogens (tertiary/aromatic N) is 1. The molecule has 0 fully saturated rings. The molecule has 1 amide bonds. The Morgan fingerprint density at radius 2 is 2.25 bits per heavy atom. The van der Waals surface area contributed by atoms with Gasteiger partial charge in [0.05, 0.1) is 17.7 Å². The molecule has 1 rings (SSSR count). The van der Waals surface area contributed by atoms with Crippen LogP contribution in [0.2, 0.25) is 0 Å². The van der Waals surface area contributed by atoms with Crippen LogP contribution in [0.3, 0.4) is 0 Å². The number of hydrogen-bond acceptors (Lipinski definition) is 3. The summed E-state index contributed by atoms with van der Waals surface area (Å²) in [6.07, 6.45) is 5.46. The van der Waals surface area contributed by atoms with E-state index >= 15 is 0 Å². The van der Waals surface area contributed by atoms with Gasteiger partial charge in [-0.2, -0.15) is 0 Å². The summed E-state index contributed by atoms with van der Waals surface area (Å²) in [4.78, 5) is 16.3. The van der Waals surface area contributed by atoms with Crippen molar-refractivity contribution in [3.63, 3.8) is 0 Å². The number of carbonyl (C=O) groups excluding carboxylic acids is 1. The van der Waals surface area contributed by atoms with Crippen molar-refractivity contribution in [1.29, 1.82) is 0 Å². The van der Waals surface area contributed by atoms with Gasteiger partial charge < -0.3 is 10.4 Å². The molecule has 20 heavy (non-hydrogen) atoms. The van der Waals surface area contributed by atoms with Crippen LogP contribution in [-0.2, 0) is 0 Å². The van der Waals surface area contributed by atoms with Gasteiger partial charge in [0.25, 0.3) is 5.91 Å². The Balaban J connectivity index is 2.91. The zero-order chi connectivity index (χ0) is 15.0. The van der Waals surface area contributed by atoms with Crippen molar-refractivity contribution in [2.75, 3.05) is 6.61 Å². The van der Waals surface area contributed by atoms with E-state index in [0.29, 0.717) is 17.5 Å². The van der Waals surface area contributed by atoms with Crippen LogP contribution in [0, 0.1) is 11.8 Å². The molecule has 0 spiro atoms. The summed E-state index contributed by atoms with van der Waals surface area (Å²) in [6.45, 7) is 6.11. The minimum Gasteiger partial charge on any atom is -0.395 e. The molecule has 0 bridgehead atoms. The third-order valence-electron chi connectivity index (χ3n) is 2.85. The maximum Gasteiger partial charge on any atom is 0.253 e. The Morgan fingerprint density at radius 3 is 2.90 bits per heavy atom. The summed E-state index contributed by atoms with van der Waals surface area (Å²) in [6, 6.07) is 1.67. The molecule has 0 unspecified atom stereocenters. The van der Waals surface area contributed by atoms with Crippen molar-refractivity contribution < 1.29 is 9.90 Å². The van der Waals surface area contributed by atoms with Crippen LogP contribution in [0.1, 0.15) is 56.0 Å². The number of rotatable bonds is 5. The first-order valence-electron chi connectivity index (χ1n) is 6.86. The number of pyridine rings is 1. The maximum absolute atomic E-state index is 12.3. The van der Waals surface area contributed by atoms with E-state index in [1.54, 1.807) is 18.5 Å². The zero-order valence-electron chi connectivity index (χ0n) is 12.4. The van der Waals surface area contributed by atoms with Gasteiger partial charge in [-0.1, -0.05) is 25.2 Å². The Bertz CT molecular complexity index is 513. The molecule has 0 aliphatic carbocycles. The first-order valence-corrected chi connectivity index (χ1v) is 6.86. The fraction of sp³-hybridized carbons (Fsp3) is 0.500. The summed E-state index contributed by atoms with van der Waals surface area (Å²) in [5.41, 5.74) is 0.866. The van der Waals surface area contributed by atoms with E-state index < -0.39 is 0 Å². The summed E-state index contributed by atoms with van der Waals surface area (Å²) < 4.78 is 0. The molecule has 0 atom stereocenters. The van der Waals surface area contributed by atoms with E-state index in [1.165, 1.54) is 0 Å². The SMILES string of the molecule is CCCC(C)(C)NC(=O)c1ccncc1C#CCCO. The Morgan fingerprint density at radius 1 is 1.50 bits per heavy atom. The number of carbonyl (C=O) groups is 1. The van der Waals surface area contributed by atoms with Crippen LogP contribution in [-0.4, -0.2) is 28.1 Å². The van der Waals surface area contributed by atoms with E-state index in [2.05, 4.69) is 29.1 Å². The van der Waals surface area contributed by atoms with Crippen LogP contribution in [0.25, 0.3) is 0 Å². The van der Waals surface area contributed by atoms with Crippen LogP contribution in [0.5, 0.6) is 0 Å². The van der Waals surface area contributed by atoms with Gasteiger partial charge in [-0.05, 0) is 26.3 Å². The second-order valence-corrected chi connectivity index (χ2v) is 5.28. The highest BCUT2D eigenvalue weighted by molar-refractivity contribution is 5.97. The number of hydrogen-bond donors (Lipinski definition) is 2. The molecule has 0 aliphatic rings. The lowest BCUT2D eigenvalue weighted by molar-refractivity contribution is 0.0908. The zero-order valence-corrected chi connectivity index (χ0v) is 12.4. The van der Waals surface area contributed by atoms with Gasteiger partial charge in [0.2, 0.25) is 0 Å². The van der Waals surface area contributed by atoms with E-state index in [-0.39, 0.29) is 18.1 Å². The molecule has 1 aromatic heterocycles. The Labute approximate surface area is 120 Å². The molecule has 108 valence electrons. The lowest BCUT2D eigenvalue weighted by Gasteiger charge is -2.26. The number of aromatic nitrogens is 1. The molecule has 0 radical (unpaired) electrons. The average Bonchev–Trinajstić information content (AvgIpc) is 2.38. The Kier molecular flexibility index (Phi) is 6.20. The highest BCUT2D eigenvalue weighted by Crippen LogP contribution is 2.13. The van der Waals surface area contributed by atoms with Crippen molar-refractivity contribution in [2.45, 2.75) is 45.6 Å². The topological polar surface area (TPSA) is 62.2 Å². The second-order valence-electron chi connectivity index (χ2n) is 5.28. The van der Waals surface area contributed by atoms with Crippen LogP contribution in [0.15, 0.2) is 18.5 Å². The number of aliphatic hydroxyl groups excluding tert-OH is 1. The van der Waals surface area contributed by atoms with Crippen LogP contribution < -0.4 is 5.32 Å². The number of aliphatic hydroxyl groups is 1. The second kappa shape index (κ2) is 7.66. The van der Waals surface area contributed by atoms with Crippen molar-refractivity contribution in [2.24, 2.45) is 0 Å². The normalized spacial score (nSPS) is 10.6. The van der Waals surface area contributed by atoms with E-state index in [4.69, 9.17) is 5.11 Å². The van der Waals surface area contributed by atoms with Crippen LogP contribution >= 0.6 is 0 Å². The quantitative estimate of drug-likeness (QED) is 0.808. The van der Waals surface area contributed by atoms with Crippen molar-refractivity contribution in [3.8, 4) is 11.8 Å². The van der Waals surface area contributed by atoms with Crippen molar-refractivity contribution in [1.82, 2.24) is 10.3 Å². The smallest absolute Gasteiger partial charge is 0.253 e. The molecule has 1 aromatic rings. The van der Waals surface area contributed by atoms with Gasteiger partial charge in [-0.25, -0.2) is 0 Å². The summed E-state index contributed by atoms with van der Waals surface area (Å²) in [7, 11) is 0. The minimum atomic E-state index is -0.245. The Hall–Kier alpha value is -1.86. The third kappa shape index (κ3) is 5.02. The molecule has 2 N–H and O–H groups in total. The molecule has 0 saturated heterocycles. The number of amides is 1. The predicted octanol–water partition coefficient (Wildman–Crippen LogP) is 2.12. The summed E-state index contributed by atoms with van der Waals surface area (Å²) >= 11 is 0. The fourth-order valence-electron chi connectivity index (χ4n) is 1.97. The third-order valence-corrected chi connectivity index (χ3v) is 2.85. The summed E-state index contributed by atoms with van der Waals surface area (Å²) in [5.74, 6) is 5.55. The molecule has 4 nitrogen and oxygen atoms in total. The minimum absolute atomic E-state index is 0.0122. The standard InChI is InChI=1S/C16H22N2O2/c1-4-9-16(2,3)18-15(20)14-8-10-17-12-13(14)7-5-6-11-19/h8,10,12,19H,4,6,9,11H2,1-3H3,(H,18,20). The highest BCUT2D eigenvalue weighted by Gasteiger charge is 2.21. The molecular formula is C16H22N2O2. The maximum atomic E-state index is 12.3. The molecule has 1 heterocycles. The lowest BCUT2D eigenvalue weighted by atomic mass is 9.98. The first kappa shape index (κ1) is 16.2. The van der Waals surface area contributed by atoms with Gasteiger partial charge in [0.1, 0.15) is 0 Å². The molecule has 4 heteroatoms. The summed E-state index contributed by atoms with van der Waals surface area (Å²) in [5, 5.41) is 11.8. The van der Waals surface area contributed by atoms with Gasteiger partial charge in [0, 0.05) is 24.4 Å². The van der Waals surface area contributed by atoms with Crippen LogP contribution in [0.4, 0.5) is 0 Å². The van der Waals surface area contributed by atoms with Crippen molar-refractivity contribution in [3.05, 3.63) is 29.6 Å². The van der Waals surface area contributed by atoms with E-state index in [0.717, 1.165) is 12.8 Å². The largest absolute Gasteiger partial charge is 0.395 e. The van der Waals surface area contributed by atoms with Crippen molar-refractivity contribution >= 4 is 5.91 Å². The van der Waals surface area contributed by atoms with Gasteiger partial charge in [-0.3, -0.25) is 9.78 Å². The lowest BCUT2D eigenvalue weighted by Crippen LogP contribution is -2.43. The van der Waals surface area contributed by atoms with Gasteiger partial charge in [0.15, 0.2) is 0 Å². The van der Waals surface area contributed by atoms with E-state index in [9.17, 15) is 4.79 Å². The molecule has 0 saturated carbocycles. The molecule has 0 aromatic carbocycles. The van der Waals surface area contributed by atoms with E-state index in [1.807, 2.05) is 13.8 Å². The van der Waals surface area contributed by atoms with Gasteiger partial charge in [-0.15, -0.1) is 0 Å². The highest BCUT2D eigenvalue weighted by atomic mass is 16.2. The predicted molar refractivity (Wildman–Crippen MR) is 79.3 cm³/mol. The fourth-order valence-corrected chi connectivity index (χ4v) is 1.97. The van der Waals surface area contributed by atoms with Gasteiger partial charge >= 0.3 is 0 Å². The first-order chi connectivity index (χ1) is 9.50. The molecule has 0 aliphatic heterocycles.